The second-order valence-electron chi connectivity index (χ2n) is 3.79. The first-order valence-corrected chi connectivity index (χ1v) is 5.08. The minimum absolute atomic E-state index is 0.0865. The number of halogens is 1. The van der Waals surface area contributed by atoms with E-state index in [4.69, 9.17) is 4.74 Å². The number of carbonyl (C=O) groups excluding carboxylic acids is 2. The zero-order valence-electron chi connectivity index (χ0n) is 9.94. The van der Waals surface area contributed by atoms with E-state index in [1.165, 1.54) is 17.0 Å². The number of amides is 1. The minimum Gasteiger partial charge on any atom is -0.480 e. The summed E-state index contributed by atoms with van der Waals surface area (Å²) < 4.78 is 18.2. The summed E-state index contributed by atoms with van der Waals surface area (Å²) in [6.45, 7) is 1.57. The number of rotatable bonds is 4. The smallest absolute Gasteiger partial charge is 0.262 e. The predicted molar refractivity (Wildman–Crippen MR) is 60.6 cm³/mol. The first-order valence-electron chi connectivity index (χ1n) is 5.08. The lowest BCUT2D eigenvalue weighted by molar-refractivity contribution is -0.135. The van der Waals surface area contributed by atoms with E-state index in [0.717, 1.165) is 6.07 Å². The fourth-order valence-electron chi connectivity index (χ4n) is 1.32. The summed E-state index contributed by atoms with van der Waals surface area (Å²) in [6.07, 6.45) is -0.236. The number of likely N-dealkylation sites (N-methyl/N-ethyl adjacent to an activating group) is 1. The van der Waals surface area contributed by atoms with E-state index >= 15 is 0 Å². The number of carbonyl (C=O) groups is 2. The van der Waals surface area contributed by atoms with Gasteiger partial charge in [0.25, 0.3) is 5.91 Å². The first-order chi connectivity index (χ1) is 7.95. The molecule has 0 N–H and O–H groups in total. The van der Waals surface area contributed by atoms with Crippen LogP contribution in [-0.4, -0.2) is 37.3 Å². The van der Waals surface area contributed by atoms with Gasteiger partial charge in [-0.2, -0.15) is 0 Å². The number of ether oxygens (including phenoxy) is 1. The number of aldehydes is 1. The van der Waals surface area contributed by atoms with Crippen molar-refractivity contribution in [2.24, 2.45) is 0 Å². The third-order valence-electron chi connectivity index (χ3n) is 2.19. The highest BCUT2D eigenvalue weighted by atomic mass is 19.1. The molecule has 1 amide bonds. The monoisotopic (exact) mass is 239 g/mol. The molecule has 0 heterocycles. The van der Waals surface area contributed by atoms with Crippen LogP contribution in [0.4, 0.5) is 4.39 Å². The Labute approximate surface area is 99.0 Å². The second kappa shape index (κ2) is 5.43. The van der Waals surface area contributed by atoms with Gasteiger partial charge in [-0.1, -0.05) is 0 Å². The Bertz CT molecular complexity index is 432. The normalized spacial score (nSPS) is 11.8. The summed E-state index contributed by atoms with van der Waals surface area (Å²) in [5.74, 6) is -0.554. The van der Waals surface area contributed by atoms with Crippen LogP contribution in [0.1, 0.15) is 17.3 Å². The summed E-state index contributed by atoms with van der Waals surface area (Å²) >= 11 is 0. The van der Waals surface area contributed by atoms with Crippen LogP contribution in [0.25, 0.3) is 0 Å². The van der Waals surface area contributed by atoms with Gasteiger partial charge < -0.3 is 9.64 Å². The molecule has 1 aromatic carbocycles. The van der Waals surface area contributed by atoms with Crippen LogP contribution in [0.3, 0.4) is 0 Å². The molecule has 0 radical (unpaired) electrons. The van der Waals surface area contributed by atoms with Crippen LogP contribution >= 0.6 is 0 Å². The van der Waals surface area contributed by atoms with Gasteiger partial charge in [-0.15, -0.1) is 0 Å². The molecular formula is C12H14FNO3. The number of nitrogens with zero attached hydrogens (tertiary/aromatic N) is 1. The molecule has 0 aliphatic carbocycles. The van der Waals surface area contributed by atoms with Crippen molar-refractivity contribution in [2.45, 2.75) is 13.0 Å². The molecule has 4 nitrogen and oxygen atoms in total. The van der Waals surface area contributed by atoms with Crippen molar-refractivity contribution in [3.05, 3.63) is 29.6 Å². The lowest BCUT2D eigenvalue weighted by Crippen LogP contribution is -2.35. The average Bonchev–Trinajstić information content (AvgIpc) is 2.30. The summed E-state index contributed by atoms with van der Waals surface area (Å²) in [5.41, 5.74) is 0.0865. The zero-order chi connectivity index (χ0) is 13.0. The fraction of sp³-hybridized carbons (Fsp3) is 0.333. The Morgan fingerprint density at radius 2 is 2.12 bits per heavy atom. The van der Waals surface area contributed by atoms with E-state index in [9.17, 15) is 14.0 Å². The largest absolute Gasteiger partial charge is 0.480 e. The summed E-state index contributed by atoms with van der Waals surface area (Å²) in [4.78, 5) is 23.7. The van der Waals surface area contributed by atoms with Gasteiger partial charge in [0.05, 0.1) is 5.56 Å². The second-order valence-corrected chi connectivity index (χ2v) is 3.79. The molecule has 0 aliphatic rings. The molecule has 0 bridgehead atoms. The quantitative estimate of drug-likeness (QED) is 0.748. The third kappa shape index (κ3) is 3.27. The molecule has 1 atom stereocenters. The molecule has 0 saturated carbocycles. The Morgan fingerprint density at radius 1 is 1.47 bits per heavy atom. The molecule has 5 heteroatoms. The Kier molecular flexibility index (Phi) is 4.20. The van der Waals surface area contributed by atoms with Crippen LogP contribution < -0.4 is 4.74 Å². The molecule has 1 unspecified atom stereocenters. The molecular weight excluding hydrogens is 225 g/mol. The Morgan fingerprint density at radius 3 is 2.65 bits per heavy atom. The highest BCUT2D eigenvalue weighted by Crippen LogP contribution is 2.19. The van der Waals surface area contributed by atoms with Gasteiger partial charge in [0.15, 0.2) is 12.4 Å². The van der Waals surface area contributed by atoms with E-state index in [-0.39, 0.29) is 17.2 Å². The van der Waals surface area contributed by atoms with E-state index in [1.807, 2.05) is 0 Å². The van der Waals surface area contributed by atoms with Crippen molar-refractivity contribution in [3.8, 4) is 5.75 Å². The molecule has 0 aliphatic heterocycles. The summed E-state index contributed by atoms with van der Waals surface area (Å²) in [7, 11) is 3.21. The van der Waals surface area contributed by atoms with Gasteiger partial charge in [-0.05, 0) is 25.1 Å². The van der Waals surface area contributed by atoms with E-state index in [0.29, 0.717) is 6.29 Å². The molecule has 92 valence electrons. The van der Waals surface area contributed by atoms with Gasteiger partial charge in [0.2, 0.25) is 0 Å². The van der Waals surface area contributed by atoms with Crippen LogP contribution in [-0.2, 0) is 4.79 Å². The van der Waals surface area contributed by atoms with Crippen molar-refractivity contribution < 1.29 is 18.7 Å². The average molecular weight is 239 g/mol. The van der Waals surface area contributed by atoms with Crippen LogP contribution in [0, 0.1) is 5.82 Å². The van der Waals surface area contributed by atoms with Crippen molar-refractivity contribution in [1.29, 1.82) is 0 Å². The fourth-order valence-corrected chi connectivity index (χ4v) is 1.32. The van der Waals surface area contributed by atoms with Crippen molar-refractivity contribution in [1.82, 2.24) is 4.90 Å². The lowest BCUT2D eigenvalue weighted by Gasteiger charge is -2.19. The van der Waals surface area contributed by atoms with E-state index < -0.39 is 11.9 Å². The van der Waals surface area contributed by atoms with Crippen molar-refractivity contribution >= 4 is 12.2 Å². The predicted octanol–water partition coefficient (Wildman–Crippen LogP) is 1.49. The highest BCUT2D eigenvalue weighted by molar-refractivity contribution is 5.82. The molecule has 1 rings (SSSR count). The maximum absolute atomic E-state index is 12.9. The maximum atomic E-state index is 12.9. The molecule has 0 saturated heterocycles. The zero-order valence-corrected chi connectivity index (χ0v) is 9.94. The van der Waals surface area contributed by atoms with Crippen LogP contribution in [0.5, 0.6) is 5.75 Å². The number of benzene rings is 1. The van der Waals surface area contributed by atoms with Gasteiger partial charge in [0.1, 0.15) is 11.6 Å². The molecule has 1 aromatic rings. The third-order valence-corrected chi connectivity index (χ3v) is 2.19. The Balaban J connectivity index is 2.88. The van der Waals surface area contributed by atoms with Gasteiger partial charge in [-0.25, -0.2) is 4.39 Å². The highest BCUT2D eigenvalue weighted by Gasteiger charge is 2.18. The summed E-state index contributed by atoms with van der Waals surface area (Å²) in [6, 6.07) is 3.57. The number of hydrogen-bond acceptors (Lipinski definition) is 3. The molecule has 17 heavy (non-hydrogen) atoms. The SMILES string of the molecule is CC(Oc1ccc(F)cc1C=O)C(=O)N(C)C. The molecule has 0 spiro atoms. The lowest BCUT2D eigenvalue weighted by atomic mass is 10.2. The van der Waals surface area contributed by atoms with Crippen molar-refractivity contribution in [2.75, 3.05) is 14.1 Å². The number of hydrogen-bond donors (Lipinski definition) is 0. The maximum Gasteiger partial charge on any atom is 0.262 e. The van der Waals surface area contributed by atoms with Gasteiger partial charge in [0, 0.05) is 14.1 Å². The van der Waals surface area contributed by atoms with E-state index in [2.05, 4.69) is 0 Å². The minimum atomic E-state index is -0.728. The molecule has 0 fully saturated rings. The Hall–Kier alpha value is -1.91. The van der Waals surface area contributed by atoms with Gasteiger partial charge >= 0.3 is 0 Å². The first kappa shape index (κ1) is 13.2. The van der Waals surface area contributed by atoms with Crippen LogP contribution in [0.15, 0.2) is 18.2 Å². The van der Waals surface area contributed by atoms with Crippen LogP contribution in [0.2, 0.25) is 0 Å². The van der Waals surface area contributed by atoms with Crippen molar-refractivity contribution in [3.63, 3.8) is 0 Å². The standard InChI is InChI=1S/C12H14FNO3/c1-8(12(16)14(2)3)17-11-5-4-10(13)6-9(11)7-15/h4-8H,1-3H3. The molecule has 0 aromatic heterocycles. The summed E-state index contributed by atoms with van der Waals surface area (Å²) in [5, 5.41) is 0. The van der Waals surface area contributed by atoms with E-state index in [1.54, 1.807) is 21.0 Å². The van der Waals surface area contributed by atoms with Gasteiger partial charge in [-0.3, -0.25) is 9.59 Å². The topological polar surface area (TPSA) is 46.6 Å².